The van der Waals surface area contributed by atoms with Crippen molar-refractivity contribution in [3.8, 4) is 5.75 Å². The van der Waals surface area contributed by atoms with Gasteiger partial charge in [-0.15, -0.1) is 0 Å². The molecule has 88 valence electrons. The molecule has 0 aliphatic rings. The molecule has 1 heterocycles. The van der Waals surface area contributed by atoms with Crippen LogP contribution < -0.4 is 4.74 Å². The molecule has 1 rings (SSSR count). The van der Waals surface area contributed by atoms with E-state index in [1.54, 1.807) is 0 Å². The number of aliphatic carboxylic acids is 1. The maximum Gasteiger partial charge on any atom is 0.309 e. The molecule has 0 radical (unpaired) electrons. The number of hydrogen-bond donors (Lipinski definition) is 1. The van der Waals surface area contributed by atoms with Gasteiger partial charge in [-0.05, 0) is 6.92 Å². The summed E-state index contributed by atoms with van der Waals surface area (Å²) in [6.45, 7) is 1.45. The molecule has 0 amide bonds. The van der Waals surface area contributed by atoms with Crippen LogP contribution in [0.5, 0.6) is 5.75 Å². The highest BCUT2D eigenvalue weighted by molar-refractivity contribution is 5.70. The van der Waals surface area contributed by atoms with Gasteiger partial charge >= 0.3 is 5.97 Å². The van der Waals surface area contributed by atoms with Crippen molar-refractivity contribution in [2.75, 3.05) is 7.11 Å². The van der Waals surface area contributed by atoms with Gasteiger partial charge in [-0.25, -0.2) is 8.78 Å². The van der Waals surface area contributed by atoms with Gasteiger partial charge in [0.15, 0.2) is 0 Å². The van der Waals surface area contributed by atoms with E-state index in [0.717, 1.165) is 0 Å². The Morgan fingerprint density at radius 2 is 2.25 bits per heavy atom. The Morgan fingerprint density at radius 3 is 2.69 bits per heavy atom. The lowest BCUT2D eigenvalue weighted by molar-refractivity contribution is -0.136. The summed E-state index contributed by atoms with van der Waals surface area (Å²) in [6.07, 6.45) is -2.04. The number of nitrogens with zero attached hydrogens (tertiary/aromatic N) is 1. The summed E-state index contributed by atoms with van der Waals surface area (Å²) in [7, 11) is 1.34. The number of rotatable bonds is 4. The molecule has 1 N–H and O–H groups in total. The van der Waals surface area contributed by atoms with Crippen LogP contribution in [0, 0.1) is 6.92 Å². The molecule has 0 aliphatic carbocycles. The lowest BCUT2D eigenvalue weighted by Crippen LogP contribution is -2.09. The minimum absolute atomic E-state index is 0.124. The molecule has 0 fully saturated rings. The van der Waals surface area contributed by atoms with E-state index in [0.29, 0.717) is 0 Å². The SMILES string of the molecule is COc1cnc(CC(=O)O)c(C(F)F)c1C. The van der Waals surface area contributed by atoms with Gasteiger partial charge in [0, 0.05) is 11.1 Å². The Balaban J connectivity index is 3.28. The zero-order valence-electron chi connectivity index (χ0n) is 8.83. The summed E-state index contributed by atoms with van der Waals surface area (Å²) in [5, 5.41) is 8.57. The fraction of sp³-hybridized carbons (Fsp3) is 0.400. The van der Waals surface area contributed by atoms with Crippen LogP contribution in [0.2, 0.25) is 0 Å². The lowest BCUT2D eigenvalue weighted by atomic mass is 10.1. The number of hydrogen-bond acceptors (Lipinski definition) is 3. The highest BCUT2D eigenvalue weighted by atomic mass is 19.3. The summed E-state index contributed by atoms with van der Waals surface area (Å²) >= 11 is 0. The standard InChI is InChI=1S/C10H11F2NO3/c1-5-7(16-2)4-13-6(3-8(14)15)9(5)10(11)12/h4,10H,3H2,1-2H3,(H,14,15). The van der Waals surface area contributed by atoms with Crippen molar-refractivity contribution in [2.45, 2.75) is 19.8 Å². The Labute approximate surface area is 90.9 Å². The number of halogens is 2. The molecule has 4 nitrogen and oxygen atoms in total. The van der Waals surface area contributed by atoms with Gasteiger partial charge in [0.1, 0.15) is 5.75 Å². The molecule has 16 heavy (non-hydrogen) atoms. The highest BCUT2D eigenvalue weighted by Crippen LogP contribution is 2.30. The first-order valence-electron chi connectivity index (χ1n) is 4.49. The van der Waals surface area contributed by atoms with Crippen molar-refractivity contribution in [3.63, 3.8) is 0 Å². The van der Waals surface area contributed by atoms with E-state index >= 15 is 0 Å². The van der Waals surface area contributed by atoms with Gasteiger partial charge in [0.25, 0.3) is 6.43 Å². The highest BCUT2D eigenvalue weighted by Gasteiger charge is 2.21. The van der Waals surface area contributed by atoms with Crippen molar-refractivity contribution in [1.29, 1.82) is 0 Å². The number of carboxylic acids is 1. The van der Waals surface area contributed by atoms with Crippen molar-refractivity contribution in [1.82, 2.24) is 4.98 Å². The van der Waals surface area contributed by atoms with E-state index < -0.39 is 18.8 Å². The Hall–Kier alpha value is -1.72. The van der Waals surface area contributed by atoms with Crippen LogP contribution in [-0.4, -0.2) is 23.2 Å². The second kappa shape index (κ2) is 4.87. The number of aromatic nitrogens is 1. The van der Waals surface area contributed by atoms with Gasteiger partial charge in [0.05, 0.1) is 25.4 Å². The van der Waals surface area contributed by atoms with Crippen molar-refractivity contribution >= 4 is 5.97 Å². The number of alkyl halides is 2. The maximum absolute atomic E-state index is 12.8. The quantitative estimate of drug-likeness (QED) is 0.860. The summed E-state index contributed by atoms with van der Waals surface area (Å²) in [6, 6.07) is 0. The molecule has 0 atom stereocenters. The smallest absolute Gasteiger partial charge is 0.309 e. The van der Waals surface area contributed by atoms with E-state index in [9.17, 15) is 13.6 Å². The summed E-state index contributed by atoms with van der Waals surface area (Å²) in [5.41, 5.74) is -0.258. The maximum atomic E-state index is 12.8. The average molecular weight is 231 g/mol. The van der Waals surface area contributed by atoms with Gasteiger partial charge < -0.3 is 9.84 Å². The third-order valence-electron chi connectivity index (χ3n) is 2.18. The van der Waals surface area contributed by atoms with E-state index in [2.05, 4.69) is 4.98 Å². The van der Waals surface area contributed by atoms with Crippen molar-refractivity contribution < 1.29 is 23.4 Å². The van der Waals surface area contributed by atoms with Gasteiger partial charge in [-0.1, -0.05) is 0 Å². The topological polar surface area (TPSA) is 59.4 Å². The van der Waals surface area contributed by atoms with Crippen LogP contribution in [0.4, 0.5) is 8.78 Å². The van der Waals surface area contributed by atoms with E-state index in [-0.39, 0.29) is 22.6 Å². The predicted octanol–water partition coefficient (Wildman–Crippen LogP) is 1.96. The molecule has 6 heteroatoms. The summed E-state index contributed by atoms with van der Waals surface area (Å²) < 4.78 is 30.4. The van der Waals surface area contributed by atoms with Gasteiger partial charge in [0.2, 0.25) is 0 Å². The summed E-state index contributed by atoms with van der Waals surface area (Å²) in [5.74, 6) is -0.969. The molecule has 1 aromatic heterocycles. The van der Waals surface area contributed by atoms with Crippen LogP contribution >= 0.6 is 0 Å². The lowest BCUT2D eigenvalue weighted by Gasteiger charge is -2.12. The minimum atomic E-state index is -2.77. The molecule has 0 bridgehead atoms. The molecular formula is C10H11F2NO3. The zero-order chi connectivity index (χ0) is 12.3. The van der Waals surface area contributed by atoms with E-state index in [4.69, 9.17) is 9.84 Å². The largest absolute Gasteiger partial charge is 0.495 e. The van der Waals surface area contributed by atoms with Crippen LogP contribution in [0.15, 0.2) is 6.20 Å². The molecule has 0 spiro atoms. The second-order valence-corrected chi connectivity index (χ2v) is 3.18. The third-order valence-corrected chi connectivity index (χ3v) is 2.18. The monoisotopic (exact) mass is 231 g/mol. The molecule has 0 unspecified atom stereocenters. The first kappa shape index (κ1) is 12.4. The zero-order valence-corrected chi connectivity index (χ0v) is 8.83. The molecule has 0 aliphatic heterocycles. The van der Waals surface area contributed by atoms with Crippen molar-refractivity contribution in [3.05, 3.63) is 23.0 Å². The number of ether oxygens (including phenoxy) is 1. The fourth-order valence-corrected chi connectivity index (χ4v) is 1.43. The number of pyridine rings is 1. The van der Waals surface area contributed by atoms with Crippen LogP contribution in [0.25, 0.3) is 0 Å². The molecular weight excluding hydrogens is 220 g/mol. The Bertz CT molecular complexity index is 407. The molecule has 1 aromatic rings. The second-order valence-electron chi connectivity index (χ2n) is 3.18. The van der Waals surface area contributed by atoms with E-state index in [1.165, 1.54) is 20.2 Å². The van der Waals surface area contributed by atoms with Crippen LogP contribution in [0.1, 0.15) is 23.2 Å². The normalized spacial score (nSPS) is 10.6. The van der Waals surface area contributed by atoms with Crippen molar-refractivity contribution in [2.24, 2.45) is 0 Å². The average Bonchev–Trinajstić information content (AvgIpc) is 2.16. The predicted molar refractivity (Wildman–Crippen MR) is 51.8 cm³/mol. The van der Waals surface area contributed by atoms with Crippen LogP contribution in [0.3, 0.4) is 0 Å². The van der Waals surface area contributed by atoms with Crippen LogP contribution in [-0.2, 0) is 11.2 Å². The van der Waals surface area contributed by atoms with E-state index in [1.807, 2.05) is 0 Å². The molecule has 0 saturated carbocycles. The number of methoxy groups -OCH3 is 1. The third kappa shape index (κ3) is 2.44. The van der Waals surface area contributed by atoms with Gasteiger partial charge in [-0.3, -0.25) is 9.78 Å². The fourth-order valence-electron chi connectivity index (χ4n) is 1.43. The number of carbonyl (C=O) groups is 1. The number of carboxylic acid groups (broad SMARTS) is 1. The Kier molecular flexibility index (Phi) is 3.76. The Morgan fingerprint density at radius 1 is 1.62 bits per heavy atom. The first-order chi connectivity index (χ1) is 7.47. The summed E-state index contributed by atoms with van der Waals surface area (Å²) in [4.78, 5) is 14.2. The molecule has 0 saturated heterocycles. The molecule has 0 aromatic carbocycles. The van der Waals surface area contributed by atoms with Gasteiger partial charge in [-0.2, -0.15) is 0 Å². The first-order valence-corrected chi connectivity index (χ1v) is 4.49. The minimum Gasteiger partial charge on any atom is -0.495 e.